The number of carbonyl (C=O) groups is 2. The molecule has 0 bridgehead atoms. The molecule has 0 aliphatic carbocycles. The van der Waals surface area contributed by atoms with Crippen molar-refractivity contribution in [3.63, 3.8) is 0 Å². The van der Waals surface area contributed by atoms with Crippen LogP contribution in [0.25, 0.3) is 0 Å². The minimum atomic E-state index is -1.42. The Hall–Kier alpha value is -3.07. The van der Waals surface area contributed by atoms with Crippen LogP contribution in [0.4, 0.5) is 5.69 Å². The number of nitrogens with zero attached hydrogens (tertiary/aromatic N) is 2. The Kier molecular flexibility index (Phi) is 5.60. The SMILES string of the molecule is CCn1c(C)cc(C(=O)[C@H](C#N)C(=O)Nc2ccccc2OC)c1C. The molecule has 1 N–H and O–H groups in total. The molecule has 0 spiro atoms. The maximum atomic E-state index is 12.7. The van der Waals surface area contributed by atoms with Crippen LogP contribution in [0.1, 0.15) is 28.7 Å². The third-order valence-corrected chi connectivity index (χ3v) is 4.17. The molecule has 130 valence electrons. The van der Waals surface area contributed by atoms with Crippen LogP contribution in [-0.2, 0) is 11.3 Å². The summed E-state index contributed by atoms with van der Waals surface area (Å²) in [7, 11) is 1.48. The summed E-state index contributed by atoms with van der Waals surface area (Å²) in [6.07, 6.45) is 0. The molecule has 1 atom stereocenters. The molecular formula is C19H21N3O3. The number of aryl methyl sites for hydroxylation is 1. The zero-order valence-corrected chi connectivity index (χ0v) is 14.8. The van der Waals surface area contributed by atoms with Crippen LogP contribution in [0.5, 0.6) is 5.75 Å². The number of benzene rings is 1. The van der Waals surface area contributed by atoms with Gasteiger partial charge in [-0.2, -0.15) is 5.26 Å². The number of hydrogen-bond acceptors (Lipinski definition) is 4. The summed E-state index contributed by atoms with van der Waals surface area (Å²) in [5.74, 6) is -2.12. The Morgan fingerprint density at radius 2 is 2.00 bits per heavy atom. The van der Waals surface area contributed by atoms with Gasteiger partial charge in [0.2, 0.25) is 5.91 Å². The monoisotopic (exact) mass is 339 g/mol. The molecule has 0 radical (unpaired) electrons. The fraction of sp³-hybridized carbons (Fsp3) is 0.316. The summed E-state index contributed by atoms with van der Waals surface area (Å²) in [5.41, 5.74) is 2.50. The maximum Gasteiger partial charge on any atom is 0.249 e. The van der Waals surface area contributed by atoms with Crippen molar-refractivity contribution in [3.05, 3.63) is 47.3 Å². The molecule has 6 heteroatoms. The van der Waals surface area contributed by atoms with Crippen LogP contribution in [0.3, 0.4) is 0 Å². The predicted molar refractivity (Wildman–Crippen MR) is 94.6 cm³/mol. The second kappa shape index (κ2) is 7.67. The Morgan fingerprint density at radius 1 is 1.32 bits per heavy atom. The molecule has 0 aliphatic heterocycles. The maximum absolute atomic E-state index is 12.7. The average molecular weight is 339 g/mol. The van der Waals surface area contributed by atoms with Crippen molar-refractivity contribution in [2.24, 2.45) is 5.92 Å². The van der Waals surface area contributed by atoms with Crippen LogP contribution in [0, 0.1) is 31.1 Å². The quantitative estimate of drug-likeness (QED) is 0.647. The number of carbonyl (C=O) groups excluding carboxylic acids is 2. The van der Waals surface area contributed by atoms with Gasteiger partial charge in [-0.05, 0) is 39.0 Å². The van der Waals surface area contributed by atoms with Gasteiger partial charge in [-0.1, -0.05) is 12.1 Å². The zero-order valence-electron chi connectivity index (χ0n) is 14.8. The summed E-state index contributed by atoms with van der Waals surface area (Å²) in [5, 5.41) is 12.0. The highest BCUT2D eigenvalue weighted by molar-refractivity contribution is 6.16. The number of ketones is 1. The van der Waals surface area contributed by atoms with Gasteiger partial charge < -0.3 is 14.6 Å². The first-order chi connectivity index (χ1) is 11.9. The van der Waals surface area contributed by atoms with Crippen LogP contribution in [0.15, 0.2) is 30.3 Å². The molecule has 0 saturated carbocycles. The lowest BCUT2D eigenvalue weighted by Gasteiger charge is -2.12. The van der Waals surface area contributed by atoms with Crippen molar-refractivity contribution in [1.29, 1.82) is 5.26 Å². The van der Waals surface area contributed by atoms with Crippen LogP contribution < -0.4 is 10.1 Å². The first-order valence-electron chi connectivity index (χ1n) is 7.99. The molecule has 25 heavy (non-hydrogen) atoms. The lowest BCUT2D eigenvalue weighted by molar-refractivity contribution is -0.117. The summed E-state index contributed by atoms with van der Waals surface area (Å²) < 4.78 is 7.14. The molecule has 0 saturated heterocycles. The van der Waals surface area contributed by atoms with E-state index in [2.05, 4.69) is 5.32 Å². The Labute approximate surface area is 147 Å². The molecule has 0 unspecified atom stereocenters. The molecule has 1 aromatic carbocycles. The van der Waals surface area contributed by atoms with Crippen molar-refractivity contribution >= 4 is 17.4 Å². The van der Waals surface area contributed by atoms with Gasteiger partial charge in [-0.3, -0.25) is 9.59 Å². The predicted octanol–water partition coefficient (Wildman–Crippen LogP) is 3.09. The molecule has 0 aliphatic rings. The number of hydrogen-bond donors (Lipinski definition) is 1. The van der Waals surface area contributed by atoms with Gasteiger partial charge in [0.1, 0.15) is 5.75 Å². The standard InChI is InChI=1S/C19H21N3O3/c1-5-22-12(2)10-14(13(22)3)18(23)15(11-20)19(24)21-16-8-6-7-9-17(16)25-4/h6-10,15H,5H2,1-4H3,(H,21,24)/t15-/m0/s1. The molecule has 1 heterocycles. The summed E-state index contributed by atoms with van der Waals surface area (Å²) in [6, 6.07) is 10.4. The lowest BCUT2D eigenvalue weighted by Crippen LogP contribution is -2.29. The van der Waals surface area contributed by atoms with Crippen LogP contribution in [0.2, 0.25) is 0 Å². The van der Waals surface area contributed by atoms with Gasteiger partial charge in [0, 0.05) is 23.5 Å². The summed E-state index contributed by atoms with van der Waals surface area (Å²) >= 11 is 0. The fourth-order valence-electron chi connectivity index (χ4n) is 2.88. The van der Waals surface area contributed by atoms with Crippen molar-refractivity contribution in [1.82, 2.24) is 4.57 Å². The van der Waals surface area contributed by atoms with E-state index in [4.69, 9.17) is 4.74 Å². The second-order valence-corrected chi connectivity index (χ2v) is 5.64. The Bertz CT molecular complexity index is 846. The second-order valence-electron chi connectivity index (χ2n) is 5.64. The number of anilines is 1. The van der Waals surface area contributed by atoms with Crippen molar-refractivity contribution < 1.29 is 14.3 Å². The number of nitrogens with one attached hydrogen (secondary N) is 1. The van der Waals surface area contributed by atoms with Crippen LogP contribution >= 0.6 is 0 Å². The highest BCUT2D eigenvalue weighted by Crippen LogP contribution is 2.25. The van der Waals surface area contributed by atoms with Gasteiger partial charge >= 0.3 is 0 Å². The number of methoxy groups -OCH3 is 1. The third kappa shape index (κ3) is 3.56. The van der Waals surface area contributed by atoms with E-state index in [0.717, 1.165) is 17.9 Å². The summed E-state index contributed by atoms with van der Waals surface area (Å²) in [6.45, 7) is 6.40. The van der Waals surface area contributed by atoms with Gasteiger partial charge in [0.15, 0.2) is 11.7 Å². The fourth-order valence-corrected chi connectivity index (χ4v) is 2.88. The minimum Gasteiger partial charge on any atom is -0.495 e. The topological polar surface area (TPSA) is 84.1 Å². The lowest BCUT2D eigenvalue weighted by atomic mass is 9.98. The highest BCUT2D eigenvalue weighted by atomic mass is 16.5. The zero-order chi connectivity index (χ0) is 18.6. The Morgan fingerprint density at radius 3 is 2.56 bits per heavy atom. The van der Waals surface area contributed by atoms with Crippen molar-refractivity contribution in [3.8, 4) is 11.8 Å². The number of amides is 1. The van der Waals surface area contributed by atoms with E-state index >= 15 is 0 Å². The average Bonchev–Trinajstić information content (AvgIpc) is 2.89. The van der Waals surface area contributed by atoms with Gasteiger partial charge in [0.25, 0.3) is 0 Å². The van der Waals surface area contributed by atoms with Crippen molar-refractivity contribution in [2.75, 3.05) is 12.4 Å². The van der Waals surface area contributed by atoms with E-state index in [-0.39, 0.29) is 0 Å². The molecule has 2 rings (SSSR count). The number of aromatic nitrogens is 1. The Balaban J connectivity index is 2.29. The van der Waals surface area contributed by atoms with Crippen LogP contribution in [-0.4, -0.2) is 23.4 Å². The number of Topliss-reactive ketones (excluding diaryl/α,β-unsaturated/α-hetero) is 1. The molecular weight excluding hydrogens is 318 g/mol. The largest absolute Gasteiger partial charge is 0.495 e. The third-order valence-electron chi connectivity index (χ3n) is 4.17. The van der Waals surface area contributed by atoms with E-state index in [1.165, 1.54) is 7.11 Å². The number of ether oxygens (including phenoxy) is 1. The normalized spacial score (nSPS) is 11.5. The van der Waals surface area contributed by atoms with E-state index in [0.29, 0.717) is 17.0 Å². The number of rotatable bonds is 6. The first kappa shape index (κ1) is 18.3. The first-order valence-corrected chi connectivity index (χ1v) is 7.99. The molecule has 6 nitrogen and oxygen atoms in total. The van der Waals surface area contributed by atoms with E-state index in [1.807, 2.05) is 31.4 Å². The minimum absolute atomic E-state index is 0.404. The molecule has 0 fully saturated rings. The molecule has 1 amide bonds. The van der Waals surface area contributed by atoms with E-state index in [1.54, 1.807) is 30.3 Å². The number of nitriles is 1. The van der Waals surface area contributed by atoms with Gasteiger partial charge in [0.05, 0.1) is 18.9 Å². The highest BCUT2D eigenvalue weighted by Gasteiger charge is 2.30. The van der Waals surface area contributed by atoms with E-state index < -0.39 is 17.6 Å². The smallest absolute Gasteiger partial charge is 0.249 e. The van der Waals surface area contributed by atoms with Gasteiger partial charge in [-0.15, -0.1) is 0 Å². The summed E-state index contributed by atoms with van der Waals surface area (Å²) in [4.78, 5) is 25.2. The molecule has 2 aromatic rings. The van der Waals surface area contributed by atoms with Gasteiger partial charge in [-0.25, -0.2) is 0 Å². The van der Waals surface area contributed by atoms with Crippen molar-refractivity contribution in [2.45, 2.75) is 27.3 Å². The van der Waals surface area contributed by atoms with E-state index in [9.17, 15) is 14.9 Å². The number of para-hydroxylation sites is 2. The molecule has 1 aromatic heterocycles.